The van der Waals surface area contributed by atoms with Crippen LogP contribution in [0.2, 0.25) is 0 Å². The molecule has 78 valence electrons. The van der Waals surface area contributed by atoms with Gasteiger partial charge in [-0.05, 0) is 12.8 Å². The lowest BCUT2D eigenvalue weighted by Gasteiger charge is -1.97. The second kappa shape index (κ2) is 5.33. The lowest BCUT2D eigenvalue weighted by atomic mass is 10.3. The van der Waals surface area contributed by atoms with Gasteiger partial charge in [0.25, 0.3) is 5.82 Å². The van der Waals surface area contributed by atoms with Crippen molar-refractivity contribution in [3.8, 4) is 0 Å². The van der Waals surface area contributed by atoms with Crippen molar-refractivity contribution in [3.63, 3.8) is 0 Å². The normalized spacial score (nSPS) is 10.1. The molecule has 0 aromatic carbocycles. The predicted molar refractivity (Wildman–Crippen MR) is 47.7 cm³/mol. The topological polar surface area (TPSA) is 77.2 Å². The molecule has 1 heterocycles. The number of carbonyl (C=O) groups excluding carboxylic acids is 1. The highest BCUT2D eigenvalue weighted by molar-refractivity contribution is 5.84. The lowest BCUT2D eigenvalue weighted by Crippen LogP contribution is -2.06. The molecule has 0 saturated carbocycles. The third-order valence-electron chi connectivity index (χ3n) is 1.70. The Bertz CT molecular complexity index is 298. The van der Waals surface area contributed by atoms with E-state index in [9.17, 15) is 4.79 Å². The summed E-state index contributed by atoms with van der Waals surface area (Å²) in [6, 6.07) is 0. The highest BCUT2D eigenvalue weighted by atomic mass is 16.5. The molecule has 6 heteroatoms. The first-order valence-corrected chi connectivity index (χ1v) is 4.36. The van der Waals surface area contributed by atoms with Gasteiger partial charge in [0.05, 0.1) is 7.11 Å². The van der Waals surface area contributed by atoms with Crippen molar-refractivity contribution in [2.75, 3.05) is 13.7 Å². The number of esters is 1. The van der Waals surface area contributed by atoms with E-state index in [0.717, 1.165) is 6.42 Å². The van der Waals surface area contributed by atoms with Crippen molar-refractivity contribution in [1.29, 1.82) is 0 Å². The molecule has 0 fully saturated rings. The molecule has 0 bridgehead atoms. The van der Waals surface area contributed by atoms with Gasteiger partial charge in [-0.25, -0.2) is 9.78 Å². The van der Waals surface area contributed by atoms with Crippen LogP contribution in [0.4, 0.5) is 0 Å². The summed E-state index contributed by atoms with van der Waals surface area (Å²) in [6.07, 6.45) is 3.00. The van der Waals surface area contributed by atoms with Crippen LogP contribution in [0.5, 0.6) is 0 Å². The van der Waals surface area contributed by atoms with Gasteiger partial charge in [0, 0.05) is 13.2 Å². The zero-order chi connectivity index (χ0) is 10.4. The Hall–Kier alpha value is -1.43. The van der Waals surface area contributed by atoms with Crippen LogP contribution in [0.25, 0.3) is 0 Å². The monoisotopic (exact) mass is 199 g/mol. The maximum atomic E-state index is 11.0. The van der Waals surface area contributed by atoms with Crippen molar-refractivity contribution < 1.29 is 14.6 Å². The third kappa shape index (κ3) is 2.81. The molecule has 6 nitrogen and oxygen atoms in total. The standard InChI is InChI=1S/C8H13N3O3/c1-14-8(13)7-9-6-11(10-7)4-2-3-5-12/h6,12H,2-5H2,1H3. The van der Waals surface area contributed by atoms with Crippen LogP contribution >= 0.6 is 0 Å². The van der Waals surface area contributed by atoms with E-state index in [0.29, 0.717) is 13.0 Å². The first kappa shape index (κ1) is 10.6. The zero-order valence-electron chi connectivity index (χ0n) is 8.01. The predicted octanol–water partition coefficient (Wildman–Crippen LogP) is -0.163. The van der Waals surface area contributed by atoms with Crippen molar-refractivity contribution in [3.05, 3.63) is 12.2 Å². The van der Waals surface area contributed by atoms with Crippen LogP contribution < -0.4 is 0 Å². The molecule has 1 aromatic heterocycles. The molecule has 0 aliphatic rings. The largest absolute Gasteiger partial charge is 0.463 e. The zero-order valence-corrected chi connectivity index (χ0v) is 8.01. The van der Waals surface area contributed by atoms with E-state index < -0.39 is 5.97 Å². The van der Waals surface area contributed by atoms with Crippen LogP contribution in [0.15, 0.2) is 6.33 Å². The molecule has 1 rings (SSSR count). The average Bonchev–Trinajstić information content (AvgIpc) is 2.66. The third-order valence-corrected chi connectivity index (χ3v) is 1.70. The molecule has 0 spiro atoms. The Morgan fingerprint density at radius 3 is 3.07 bits per heavy atom. The van der Waals surface area contributed by atoms with E-state index in [4.69, 9.17) is 5.11 Å². The van der Waals surface area contributed by atoms with Crippen molar-refractivity contribution >= 4 is 5.97 Å². The first-order chi connectivity index (χ1) is 6.77. The Labute approximate surface area is 81.5 Å². The smallest absolute Gasteiger partial charge is 0.377 e. The van der Waals surface area contributed by atoms with Gasteiger partial charge in [0.15, 0.2) is 0 Å². The number of carbonyl (C=O) groups is 1. The summed E-state index contributed by atoms with van der Waals surface area (Å²) < 4.78 is 6.02. The Morgan fingerprint density at radius 2 is 2.43 bits per heavy atom. The van der Waals surface area contributed by atoms with Crippen molar-refractivity contribution in [2.24, 2.45) is 0 Å². The number of hydrogen-bond acceptors (Lipinski definition) is 5. The van der Waals surface area contributed by atoms with Gasteiger partial charge in [0.2, 0.25) is 0 Å². The fourth-order valence-electron chi connectivity index (χ4n) is 0.973. The highest BCUT2D eigenvalue weighted by Crippen LogP contribution is 1.96. The summed E-state index contributed by atoms with van der Waals surface area (Å²) in [4.78, 5) is 14.7. The van der Waals surface area contributed by atoms with E-state index in [1.54, 1.807) is 4.68 Å². The SMILES string of the molecule is COC(=O)c1ncn(CCCCO)n1. The maximum Gasteiger partial charge on any atom is 0.377 e. The number of aliphatic hydroxyl groups excluding tert-OH is 1. The summed E-state index contributed by atoms with van der Waals surface area (Å²) in [5.74, 6) is -0.470. The van der Waals surface area contributed by atoms with E-state index in [2.05, 4.69) is 14.8 Å². The molecular weight excluding hydrogens is 186 g/mol. The number of aliphatic hydroxyl groups is 1. The number of aromatic nitrogens is 3. The van der Waals surface area contributed by atoms with Gasteiger partial charge in [-0.15, -0.1) is 5.10 Å². The Kier molecular flexibility index (Phi) is 4.06. The second-order valence-corrected chi connectivity index (χ2v) is 2.75. The van der Waals surface area contributed by atoms with Crippen LogP contribution in [-0.4, -0.2) is 39.6 Å². The summed E-state index contributed by atoms with van der Waals surface area (Å²) in [7, 11) is 1.29. The second-order valence-electron chi connectivity index (χ2n) is 2.75. The minimum atomic E-state index is -0.536. The quantitative estimate of drug-likeness (QED) is 0.526. The fraction of sp³-hybridized carbons (Fsp3) is 0.625. The van der Waals surface area contributed by atoms with Crippen molar-refractivity contribution in [2.45, 2.75) is 19.4 Å². The van der Waals surface area contributed by atoms with E-state index in [1.807, 2.05) is 0 Å². The van der Waals surface area contributed by atoms with Gasteiger partial charge in [0.1, 0.15) is 6.33 Å². The molecule has 1 aromatic rings. The summed E-state index contributed by atoms with van der Waals surface area (Å²) in [5, 5.41) is 12.5. The van der Waals surface area contributed by atoms with Crippen LogP contribution in [0.1, 0.15) is 23.5 Å². The van der Waals surface area contributed by atoms with Crippen LogP contribution in [-0.2, 0) is 11.3 Å². The molecule has 0 atom stereocenters. The van der Waals surface area contributed by atoms with E-state index in [1.165, 1.54) is 13.4 Å². The number of hydrogen-bond donors (Lipinski definition) is 1. The molecule has 1 N–H and O–H groups in total. The van der Waals surface area contributed by atoms with Crippen LogP contribution in [0.3, 0.4) is 0 Å². The Balaban J connectivity index is 2.46. The minimum absolute atomic E-state index is 0.0662. The molecule has 0 amide bonds. The highest BCUT2D eigenvalue weighted by Gasteiger charge is 2.10. The van der Waals surface area contributed by atoms with E-state index in [-0.39, 0.29) is 12.4 Å². The molecular formula is C8H13N3O3. The maximum absolute atomic E-state index is 11.0. The first-order valence-electron chi connectivity index (χ1n) is 4.36. The summed E-state index contributed by atoms with van der Waals surface area (Å²) in [5.41, 5.74) is 0. The van der Waals surface area contributed by atoms with Gasteiger partial charge in [-0.1, -0.05) is 0 Å². The minimum Gasteiger partial charge on any atom is -0.463 e. The lowest BCUT2D eigenvalue weighted by molar-refractivity contribution is 0.0586. The summed E-state index contributed by atoms with van der Waals surface area (Å²) >= 11 is 0. The van der Waals surface area contributed by atoms with Gasteiger partial charge in [-0.2, -0.15) is 0 Å². The molecule has 0 unspecified atom stereocenters. The van der Waals surface area contributed by atoms with Gasteiger partial charge >= 0.3 is 5.97 Å². The van der Waals surface area contributed by atoms with Crippen molar-refractivity contribution in [1.82, 2.24) is 14.8 Å². The number of ether oxygens (including phenoxy) is 1. The summed E-state index contributed by atoms with van der Waals surface area (Å²) in [6.45, 7) is 0.809. The number of nitrogens with zero attached hydrogens (tertiary/aromatic N) is 3. The molecule has 0 aliphatic heterocycles. The van der Waals surface area contributed by atoms with Crippen LogP contribution in [0, 0.1) is 0 Å². The van der Waals surface area contributed by atoms with E-state index >= 15 is 0 Å². The molecule has 0 saturated heterocycles. The number of methoxy groups -OCH3 is 1. The number of unbranched alkanes of at least 4 members (excludes halogenated alkanes) is 1. The Morgan fingerprint density at radius 1 is 1.64 bits per heavy atom. The molecule has 0 radical (unpaired) electrons. The number of rotatable bonds is 5. The van der Waals surface area contributed by atoms with Gasteiger partial charge < -0.3 is 9.84 Å². The average molecular weight is 199 g/mol. The molecule has 14 heavy (non-hydrogen) atoms. The fourth-order valence-corrected chi connectivity index (χ4v) is 0.973. The molecule has 0 aliphatic carbocycles. The van der Waals surface area contributed by atoms with Gasteiger partial charge in [-0.3, -0.25) is 4.68 Å². The number of aryl methyl sites for hydroxylation is 1.